The lowest BCUT2D eigenvalue weighted by atomic mass is 10.2. The van der Waals surface area contributed by atoms with Gasteiger partial charge in [-0.1, -0.05) is 0 Å². The minimum atomic E-state index is -4.79. The van der Waals surface area contributed by atoms with Crippen molar-refractivity contribution in [3.8, 4) is 11.8 Å². The molecule has 0 aliphatic carbocycles. The highest BCUT2D eigenvalue weighted by Crippen LogP contribution is 2.33. The Hall–Kier alpha value is -1.29. The van der Waals surface area contributed by atoms with E-state index in [0.29, 0.717) is 0 Å². The summed E-state index contributed by atoms with van der Waals surface area (Å²) in [4.78, 5) is 3.63. The summed E-state index contributed by atoms with van der Waals surface area (Å²) in [6.45, 7) is 1.33. The van der Waals surface area contributed by atoms with Crippen LogP contribution >= 0.6 is 15.9 Å². The Balaban J connectivity index is 3.23. The molecule has 0 unspecified atom stereocenters. The predicted octanol–water partition coefficient (Wildman–Crippen LogP) is 2.92. The molecule has 0 saturated carbocycles. The van der Waals surface area contributed by atoms with E-state index in [1.807, 2.05) is 0 Å². The summed E-state index contributed by atoms with van der Waals surface area (Å²) in [5.41, 5.74) is -0.0540. The van der Waals surface area contributed by atoms with Crippen LogP contribution in [0.3, 0.4) is 0 Å². The average Bonchev–Trinajstić information content (AvgIpc) is 2.11. The van der Waals surface area contributed by atoms with Gasteiger partial charge in [-0.05, 0) is 22.9 Å². The summed E-state index contributed by atoms with van der Waals surface area (Å²) in [5, 5.41) is 8.57. The molecular formula is C8H4BrF3N2O. The van der Waals surface area contributed by atoms with Gasteiger partial charge in [0, 0.05) is 11.8 Å². The Bertz CT molecular complexity index is 425. The lowest BCUT2D eigenvalue weighted by molar-refractivity contribution is -0.275. The Morgan fingerprint density at radius 1 is 1.53 bits per heavy atom. The summed E-state index contributed by atoms with van der Waals surface area (Å²) in [6.07, 6.45) is -3.70. The third-order valence-corrected chi connectivity index (χ3v) is 2.11. The van der Waals surface area contributed by atoms with Gasteiger partial charge in [0.25, 0.3) is 0 Å². The van der Waals surface area contributed by atoms with E-state index in [1.54, 1.807) is 6.07 Å². The monoisotopic (exact) mass is 280 g/mol. The van der Waals surface area contributed by atoms with Crippen molar-refractivity contribution < 1.29 is 17.9 Å². The van der Waals surface area contributed by atoms with Crippen LogP contribution in [0.1, 0.15) is 11.3 Å². The standard InChI is InChI=1S/C8H4BrF3N2O/c1-4-6(2-13)14-3-5(9)7(4)15-8(10,11)12/h3H,1H3. The molecule has 1 aromatic rings. The molecular weight excluding hydrogens is 277 g/mol. The highest BCUT2D eigenvalue weighted by atomic mass is 79.9. The lowest BCUT2D eigenvalue weighted by Crippen LogP contribution is -2.18. The third kappa shape index (κ3) is 2.83. The molecule has 1 rings (SSSR count). The number of pyridine rings is 1. The molecule has 3 nitrogen and oxygen atoms in total. The summed E-state index contributed by atoms with van der Waals surface area (Å²) in [6, 6.07) is 1.67. The van der Waals surface area contributed by atoms with Gasteiger partial charge in [-0.3, -0.25) is 0 Å². The molecule has 0 N–H and O–H groups in total. The largest absolute Gasteiger partial charge is 0.573 e. The Kier molecular flexibility index (Phi) is 3.19. The van der Waals surface area contributed by atoms with Gasteiger partial charge in [0.15, 0.2) is 5.75 Å². The molecule has 0 aliphatic heterocycles. The molecule has 0 atom stereocenters. The number of halogens is 4. The smallest absolute Gasteiger partial charge is 0.404 e. The molecule has 0 amide bonds. The second kappa shape index (κ2) is 4.06. The molecule has 15 heavy (non-hydrogen) atoms. The van der Waals surface area contributed by atoms with Gasteiger partial charge < -0.3 is 4.74 Å². The second-order valence-corrected chi connectivity index (χ2v) is 3.42. The van der Waals surface area contributed by atoms with Gasteiger partial charge in [-0.15, -0.1) is 13.2 Å². The normalized spacial score (nSPS) is 10.9. The number of hydrogen-bond donors (Lipinski definition) is 0. The van der Waals surface area contributed by atoms with E-state index >= 15 is 0 Å². The van der Waals surface area contributed by atoms with E-state index in [2.05, 4.69) is 25.7 Å². The SMILES string of the molecule is Cc1c(C#N)ncc(Br)c1OC(F)(F)F. The maximum Gasteiger partial charge on any atom is 0.573 e. The molecule has 0 aliphatic rings. The van der Waals surface area contributed by atoms with Crippen molar-refractivity contribution in [2.75, 3.05) is 0 Å². The van der Waals surface area contributed by atoms with Gasteiger partial charge >= 0.3 is 6.36 Å². The fourth-order valence-corrected chi connectivity index (χ4v) is 1.40. The van der Waals surface area contributed by atoms with Crippen molar-refractivity contribution in [2.45, 2.75) is 13.3 Å². The minimum Gasteiger partial charge on any atom is -0.404 e. The number of hydrogen-bond acceptors (Lipinski definition) is 3. The summed E-state index contributed by atoms with van der Waals surface area (Å²) < 4.78 is 39.8. The first-order valence-electron chi connectivity index (χ1n) is 3.66. The van der Waals surface area contributed by atoms with E-state index in [4.69, 9.17) is 5.26 Å². The van der Waals surface area contributed by atoms with Gasteiger partial charge in [0.2, 0.25) is 0 Å². The zero-order chi connectivity index (χ0) is 11.6. The van der Waals surface area contributed by atoms with E-state index in [1.165, 1.54) is 6.92 Å². The fourth-order valence-electron chi connectivity index (χ4n) is 0.917. The van der Waals surface area contributed by atoms with Gasteiger partial charge in [0.05, 0.1) is 4.47 Å². The summed E-state index contributed by atoms with van der Waals surface area (Å²) >= 11 is 2.87. The molecule has 7 heteroatoms. The maximum atomic E-state index is 12.0. The first-order valence-corrected chi connectivity index (χ1v) is 4.45. The molecule has 0 saturated heterocycles. The highest BCUT2D eigenvalue weighted by Gasteiger charge is 2.33. The van der Waals surface area contributed by atoms with Crippen molar-refractivity contribution in [2.24, 2.45) is 0 Å². The minimum absolute atomic E-state index is 0.0456. The number of ether oxygens (including phenoxy) is 1. The van der Waals surface area contributed by atoms with Crippen LogP contribution in [-0.4, -0.2) is 11.3 Å². The Morgan fingerprint density at radius 3 is 2.60 bits per heavy atom. The van der Waals surface area contributed by atoms with Crippen LogP contribution in [0.5, 0.6) is 5.75 Å². The van der Waals surface area contributed by atoms with Crippen LogP contribution in [0.2, 0.25) is 0 Å². The number of nitrogens with zero attached hydrogens (tertiary/aromatic N) is 2. The first kappa shape index (κ1) is 11.8. The lowest BCUT2D eigenvalue weighted by Gasteiger charge is -2.12. The van der Waals surface area contributed by atoms with E-state index in [9.17, 15) is 13.2 Å². The molecule has 1 heterocycles. The van der Waals surface area contributed by atoms with E-state index in [-0.39, 0.29) is 15.7 Å². The molecule has 1 aromatic heterocycles. The van der Waals surface area contributed by atoms with Crippen LogP contribution in [0.4, 0.5) is 13.2 Å². The fraction of sp³-hybridized carbons (Fsp3) is 0.250. The first-order chi connectivity index (χ1) is 6.85. The van der Waals surface area contributed by atoms with Gasteiger partial charge in [-0.25, -0.2) is 4.98 Å². The van der Waals surface area contributed by atoms with Gasteiger partial charge in [0.1, 0.15) is 11.8 Å². The molecule has 80 valence electrons. The molecule has 0 aromatic carbocycles. The quantitative estimate of drug-likeness (QED) is 0.795. The molecule has 0 bridgehead atoms. The van der Waals surface area contributed by atoms with Crippen molar-refractivity contribution in [3.63, 3.8) is 0 Å². The number of rotatable bonds is 1. The molecule has 0 fully saturated rings. The van der Waals surface area contributed by atoms with Gasteiger partial charge in [-0.2, -0.15) is 5.26 Å². The highest BCUT2D eigenvalue weighted by molar-refractivity contribution is 9.10. The Morgan fingerprint density at radius 2 is 2.13 bits per heavy atom. The second-order valence-electron chi connectivity index (χ2n) is 2.57. The molecule has 0 radical (unpaired) electrons. The van der Waals surface area contributed by atoms with Crippen LogP contribution in [0.25, 0.3) is 0 Å². The topological polar surface area (TPSA) is 45.9 Å². The van der Waals surface area contributed by atoms with Crippen LogP contribution in [0, 0.1) is 18.3 Å². The number of nitriles is 1. The van der Waals surface area contributed by atoms with Crippen molar-refractivity contribution in [1.29, 1.82) is 5.26 Å². The Labute approximate surface area is 91.6 Å². The summed E-state index contributed by atoms with van der Waals surface area (Å²) in [5.74, 6) is -0.436. The zero-order valence-electron chi connectivity index (χ0n) is 7.39. The zero-order valence-corrected chi connectivity index (χ0v) is 8.98. The van der Waals surface area contributed by atoms with Crippen molar-refractivity contribution in [1.82, 2.24) is 4.98 Å². The predicted molar refractivity (Wildman–Crippen MR) is 48.1 cm³/mol. The average molecular weight is 281 g/mol. The van der Waals surface area contributed by atoms with E-state index in [0.717, 1.165) is 6.20 Å². The maximum absolute atomic E-state index is 12.0. The van der Waals surface area contributed by atoms with Crippen LogP contribution < -0.4 is 4.74 Å². The van der Waals surface area contributed by atoms with Crippen LogP contribution in [0.15, 0.2) is 10.7 Å². The number of aromatic nitrogens is 1. The summed E-state index contributed by atoms with van der Waals surface area (Å²) in [7, 11) is 0. The molecule has 0 spiro atoms. The van der Waals surface area contributed by atoms with Crippen LogP contribution in [-0.2, 0) is 0 Å². The van der Waals surface area contributed by atoms with Crippen molar-refractivity contribution >= 4 is 15.9 Å². The van der Waals surface area contributed by atoms with E-state index < -0.39 is 12.1 Å². The van der Waals surface area contributed by atoms with Crippen molar-refractivity contribution in [3.05, 3.63) is 21.9 Å². The number of alkyl halides is 3. The third-order valence-electron chi connectivity index (χ3n) is 1.54.